The van der Waals surface area contributed by atoms with Crippen LogP contribution in [0.4, 0.5) is 13.2 Å². The number of halogens is 3. The zero-order chi connectivity index (χ0) is 14.8. The topological polar surface area (TPSA) is 38.5 Å². The molecule has 20 heavy (non-hydrogen) atoms. The lowest BCUT2D eigenvalue weighted by molar-refractivity contribution is -0.188. The number of alkyl halides is 3. The van der Waals surface area contributed by atoms with Crippen molar-refractivity contribution in [2.45, 2.75) is 43.8 Å². The number of hydrogen-bond acceptors (Lipinski definition) is 3. The molecule has 0 spiro atoms. The summed E-state index contributed by atoms with van der Waals surface area (Å²) in [5, 5.41) is 0. The molecular weight excluding hydrogens is 269 g/mol. The maximum absolute atomic E-state index is 12.8. The molecule has 1 atom stereocenters. The van der Waals surface area contributed by atoms with E-state index in [2.05, 4.69) is 4.90 Å². The van der Waals surface area contributed by atoms with E-state index in [0.29, 0.717) is 25.3 Å². The summed E-state index contributed by atoms with van der Waals surface area (Å²) >= 11 is 0. The van der Waals surface area contributed by atoms with Crippen molar-refractivity contribution >= 4 is 0 Å². The predicted molar refractivity (Wildman–Crippen MR) is 71.4 cm³/mol. The van der Waals surface area contributed by atoms with E-state index >= 15 is 0 Å². The van der Waals surface area contributed by atoms with Crippen LogP contribution in [0.15, 0.2) is 0 Å². The second kappa shape index (κ2) is 6.20. The van der Waals surface area contributed by atoms with Crippen LogP contribution >= 0.6 is 0 Å². The van der Waals surface area contributed by atoms with Gasteiger partial charge in [-0.05, 0) is 44.6 Å². The minimum atomic E-state index is -4.05. The Labute approximate surface area is 118 Å². The first-order valence-electron chi connectivity index (χ1n) is 7.42. The van der Waals surface area contributed by atoms with Crippen molar-refractivity contribution in [1.29, 1.82) is 0 Å². The van der Waals surface area contributed by atoms with Crippen LogP contribution in [0.1, 0.15) is 32.1 Å². The molecule has 0 radical (unpaired) electrons. The van der Waals surface area contributed by atoms with Crippen molar-refractivity contribution in [3.8, 4) is 0 Å². The van der Waals surface area contributed by atoms with Gasteiger partial charge >= 0.3 is 6.18 Å². The van der Waals surface area contributed by atoms with Gasteiger partial charge in [0.1, 0.15) is 0 Å². The minimum Gasteiger partial charge on any atom is -0.384 e. The lowest BCUT2D eigenvalue weighted by atomic mass is 9.75. The Balaban J connectivity index is 1.95. The monoisotopic (exact) mass is 294 g/mol. The quantitative estimate of drug-likeness (QED) is 0.865. The molecule has 1 aliphatic carbocycles. The Hall–Kier alpha value is -0.330. The fraction of sp³-hybridized carbons (Fsp3) is 1.00. The van der Waals surface area contributed by atoms with E-state index < -0.39 is 12.1 Å². The van der Waals surface area contributed by atoms with Crippen LogP contribution in [0.25, 0.3) is 0 Å². The molecule has 1 heterocycles. The molecule has 118 valence electrons. The summed E-state index contributed by atoms with van der Waals surface area (Å²) in [6.07, 6.45) is -1.44. The van der Waals surface area contributed by atoms with Crippen molar-refractivity contribution < 1.29 is 17.9 Å². The molecule has 0 bridgehead atoms. The van der Waals surface area contributed by atoms with Crippen LogP contribution in [0.3, 0.4) is 0 Å². The lowest BCUT2D eigenvalue weighted by Crippen LogP contribution is -2.55. The van der Waals surface area contributed by atoms with Crippen molar-refractivity contribution in [2.24, 2.45) is 17.6 Å². The molecular formula is C14H25F3N2O. The summed E-state index contributed by atoms with van der Waals surface area (Å²) in [5.74, 6) is -0.650. The summed E-state index contributed by atoms with van der Waals surface area (Å²) < 4.78 is 43.5. The van der Waals surface area contributed by atoms with Crippen LogP contribution in [-0.4, -0.2) is 50.0 Å². The van der Waals surface area contributed by atoms with Crippen molar-refractivity contribution in [3.05, 3.63) is 0 Å². The summed E-state index contributed by atoms with van der Waals surface area (Å²) in [5.41, 5.74) is 5.72. The van der Waals surface area contributed by atoms with E-state index in [1.807, 2.05) is 0 Å². The molecule has 1 unspecified atom stereocenters. The first kappa shape index (κ1) is 16.0. The SMILES string of the molecule is COCC1CCN(C2(CN)CCC(C(F)(F)F)CC2)C1. The minimum absolute atomic E-state index is 0.214. The largest absolute Gasteiger partial charge is 0.391 e. The van der Waals surface area contributed by atoms with E-state index in [0.717, 1.165) is 26.1 Å². The maximum atomic E-state index is 12.8. The Morgan fingerprint density at radius 1 is 1.25 bits per heavy atom. The first-order valence-corrected chi connectivity index (χ1v) is 7.42. The standard InChI is InChI=1S/C14H25F3N2O/c1-20-9-11-4-7-19(8-11)13(10-18)5-2-12(3-6-13)14(15,16)17/h11-12H,2-10,18H2,1H3. The number of nitrogens with two attached hydrogens (primary N) is 1. The van der Waals surface area contributed by atoms with Gasteiger partial charge in [-0.25, -0.2) is 0 Å². The third-order valence-electron chi connectivity index (χ3n) is 5.12. The summed E-state index contributed by atoms with van der Waals surface area (Å²) in [4.78, 5) is 2.32. The van der Waals surface area contributed by atoms with Gasteiger partial charge in [0.15, 0.2) is 0 Å². The van der Waals surface area contributed by atoms with E-state index in [-0.39, 0.29) is 18.4 Å². The third kappa shape index (κ3) is 3.28. The zero-order valence-corrected chi connectivity index (χ0v) is 12.1. The Bertz CT molecular complexity index is 314. The lowest BCUT2D eigenvalue weighted by Gasteiger charge is -2.46. The highest BCUT2D eigenvalue weighted by atomic mass is 19.4. The van der Waals surface area contributed by atoms with Gasteiger partial charge in [-0.1, -0.05) is 0 Å². The molecule has 0 aromatic carbocycles. The molecule has 0 amide bonds. The molecule has 2 aliphatic rings. The molecule has 1 saturated carbocycles. The third-order valence-corrected chi connectivity index (χ3v) is 5.12. The molecule has 6 heteroatoms. The number of ether oxygens (including phenoxy) is 1. The molecule has 1 aliphatic heterocycles. The second-order valence-electron chi connectivity index (χ2n) is 6.30. The van der Waals surface area contributed by atoms with Gasteiger partial charge in [0.25, 0.3) is 0 Å². The van der Waals surface area contributed by atoms with Gasteiger partial charge in [0.05, 0.1) is 12.5 Å². The molecule has 2 N–H and O–H groups in total. The van der Waals surface area contributed by atoms with Gasteiger partial charge in [0.2, 0.25) is 0 Å². The summed E-state index contributed by atoms with van der Waals surface area (Å²) in [6, 6.07) is 0. The van der Waals surface area contributed by atoms with Crippen LogP contribution in [-0.2, 0) is 4.74 Å². The van der Waals surface area contributed by atoms with Gasteiger partial charge in [-0.2, -0.15) is 13.2 Å². The predicted octanol–water partition coefficient (Wildman–Crippen LogP) is 2.40. The molecule has 2 fully saturated rings. The number of nitrogens with zero attached hydrogens (tertiary/aromatic N) is 1. The number of rotatable bonds is 4. The smallest absolute Gasteiger partial charge is 0.384 e. The van der Waals surface area contributed by atoms with Crippen molar-refractivity contribution in [2.75, 3.05) is 33.4 Å². The van der Waals surface area contributed by atoms with E-state index in [1.165, 1.54) is 0 Å². The van der Waals surface area contributed by atoms with Gasteiger partial charge in [0, 0.05) is 25.7 Å². The summed E-state index contributed by atoms with van der Waals surface area (Å²) in [6.45, 7) is 3.02. The van der Waals surface area contributed by atoms with Crippen molar-refractivity contribution in [3.63, 3.8) is 0 Å². The Kier molecular flexibility index (Phi) is 4.97. The summed E-state index contributed by atoms with van der Waals surface area (Å²) in [7, 11) is 1.69. The van der Waals surface area contributed by atoms with E-state index in [9.17, 15) is 13.2 Å². The average Bonchev–Trinajstić information content (AvgIpc) is 2.87. The van der Waals surface area contributed by atoms with E-state index in [4.69, 9.17) is 10.5 Å². The molecule has 1 saturated heterocycles. The number of methoxy groups -OCH3 is 1. The Morgan fingerprint density at radius 3 is 2.40 bits per heavy atom. The second-order valence-corrected chi connectivity index (χ2v) is 6.30. The molecule has 2 rings (SSSR count). The van der Waals surface area contributed by atoms with Crippen LogP contribution < -0.4 is 5.73 Å². The molecule has 3 nitrogen and oxygen atoms in total. The zero-order valence-electron chi connectivity index (χ0n) is 12.1. The first-order chi connectivity index (χ1) is 9.41. The van der Waals surface area contributed by atoms with Gasteiger partial charge < -0.3 is 10.5 Å². The van der Waals surface area contributed by atoms with Crippen molar-refractivity contribution in [1.82, 2.24) is 4.90 Å². The fourth-order valence-corrected chi connectivity index (χ4v) is 3.77. The average molecular weight is 294 g/mol. The molecule has 0 aromatic rings. The highest BCUT2D eigenvalue weighted by Gasteiger charge is 2.48. The van der Waals surface area contributed by atoms with Crippen LogP contribution in [0, 0.1) is 11.8 Å². The van der Waals surface area contributed by atoms with Crippen LogP contribution in [0.2, 0.25) is 0 Å². The van der Waals surface area contributed by atoms with E-state index in [1.54, 1.807) is 7.11 Å². The van der Waals surface area contributed by atoms with Gasteiger partial charge in [-0.3, -0.25) is 4.90 Å². The molecule has 0 aromatic heterocycles. The highest BCUT2D eigenvalue weighted by molar-refractivity contribution is 4.99. The maximum Gasteiger partial charge on any atom is 0.391 e. The number of hydrogen-bond donors (Lipinski definition) is 1. The highest BCUT2D eigenvalue weighted by Crippen LogP contribution is 2.44. The van der Waals surface area contributed by atoms with Gasteiger partial charge in [-0.15, -0.1) is 0 Å². The van der Waals surface area contributed by atoms with Crippen LogP contribution in [0.5, 0.6) is 0 Å². The normalized spacial score (nSPS) is 36.5. The Morgan fingerprint density at radius 2 is 1.90 bits per heavy atom. The number of likely N-dealkylation sites (tertiary alicyclic amines) is 1. The fourth-order valence-electron chi connectivity index (χ4n) is 3.77.